The van der Waals surface area contributed by atoms with Crippen molar-refractivity contribution in [2.75, 3.05) is 11.9 Å². The van der Waals surface area contributed by atoms with Gasteiger partial charge in [0.25, 0.3) is 0 Å². The number of hydrogen-bond donors (Lipinski definition) is 2. The van der Waals surface area contributed by atoms with E-state index in [1.165, 1.54) is 0 Å². The summed E-state index contributed by atoms with van der Waals surface area (Å²) in [5.41, 5.74) is 0.683. The lowest BCUT2D eigenvalue weighted by atomic mass is 9.89. The van der Waals surface area contributed by atoms with Gasteiger partial charge in [0.15, 0.2) is 0 Å². The van der Waals surface area contributed by atoms with Crippen LogP contribution in [-0.2, 0) is 5.41 Å². The standard InChI is InChI=1S/C12H19N3O/c1-11(2,3)9-6-13-10(14-7-9)15-8-12(16)4-5-12/h6-7,16H,4-5,8H2,1-3H3,(H,13,14,15). The van der Waals surface area contributed by atoms with Gasteiger partial charge in [-0.2, -0.15) is 0 Å². The Hall–Kier alpha value is -1.16. The van der Waals surface area contributed by atoms with Gasteiger partial charge in [-0.3, -0.25) is 0 Å². The van der Waals surface area contributed by atoms with Crippen molar-refractivity contribution in [3.05, 3.63) is 18.0 Å². The zero-order valence-electron chi connectivity index (χ0n) is 10.1. The van der Waals surface area contributed by atoms with E-state index in [-0.39, 0.29) is 5.41 Å². The molecule has 88 valence electrons. The monoisotopic (exact) mass is 221 g/mol. The average molecular weight is 221 g/mol. The van der Waals surface area contributed by atoms with Crippen LogP contribution in [0.3, 0.4) is 0 Å². The Morgan fingerprint density at radius 3 is 2.31 bits per heavy atom. The molecule has 1 fully saturated rings. The van der Waals surface area contributed by atoms with Gasteiger partial charge in [-0.1, -0.05) is 20.8 Å². The van der Waals surface area contributed by atoms with Crippen LogP contribution in [0.1, 0.15) is 39.2 Å². The highest BCUT2D eigenvalue weighted by atomic mass is 16.3. The van der Waals surface area contributed by atoms with Crippen molar-refractivity contribution >= 4 is 5.95 Å². The fourth-order valence-electron chi connectivity index (χ4n) is 1.37. The van der Waals surface area contributed by atoms with Crippen molar-refractivity contribution in [2.45, 2.75) is 44.6 Å². The van der Waals surface area contributed by atoms with Crippen molar-refractivity contribution in [3.8, 4) is 0 Å². The molecule has 0 atom stereocenters. The molecule has 1 saturated carbocycles. The van der Waals surface area contributed by atoms with E-state index >= 15 is 0 Å². The van der Waals surface area contributed by atoms with E-state index in [0.717, 1.165) is 18.4 Å². The molecule has 1 heterocycles. The van der Waals surface area contributed by atoms with Gasteiger partial charge in [0.05, 0.1) is 5.60 Å². The minimum atomic E-state index is -0.508. The smallest absolute Gasteiger partial charge is 0.222 e. The summed E-state index contributed by atoms with van der Waals surface area (Å²) in [6.45, 7) is 6.94. The number of aliphatic hydroxyl groups is 1. The minimum absolute atomic E-state index is 0.0766. The van der Waals surface area contributed by atoms with E-state index in [1.807, 2.05) is 12.4 Å². The summed E-state index contributed by atoms with van der Waals surface area (Å²) in [6, 6.07) is 0. The van der Waals surface area contributed by atoms with Crippen LogP contribution in [0.25, 0.3) is 0 Å². The van der Waals surface area contributed by atoms with Crippen LogP contribution in [-0.4, -0.2) is 27.2 Å². The molecule has 0 unspecified atom stereocenters. The maximum absolute atomic E-state index is 9.66. The quantitative estimate of drug-likeness (QED) is 0.815. The second-order valence-corrected chi connectivity index (χ2v) is 5.62. The zero-order chi connectivity index (χ0) is 11.8. The number of nitrogens with one attached hydrogen (secondary N) is 1. The van der Waals surface area contributed by atoms with Gasteiger partial charge < -0.3 is 10.4 Å². The Bertz CT molecular complexity index is 363. The fourth-order valence-corrected chi connectivity index (χ4v) is 1.37. The van der Waals surface area contributed by atoms with Gasteiger partial charge >= 0.3 is 0 Å². The van der Waals surface area contributed by atoms with Gasteiger partial charge in [0, 0.05) is 18.9 Å². The fraction of sp³-hybridized carbons (Fsp3) is 0.667. The van der Waals surface area contributed by atoms with Crippen LogP contribution < -0.4 is 5.32 Å². The Kier molecular flexibility index (Phi) is 2.62. The predicted molar refractivity (Wildman–Crippen MR) is 63.4 cm³/mol. The maximum Gasteiger partial charge on any atom is 0.222 e. The molecular formula is C12H19N3O. The van der Waals surface area contributed by atoms with Gasteiger partial charge in [0.1, 0.15) is 0 Å². The van der Waals surface area contributed by atoms with Gasteiger partial charge in [-0.05, 0) is 23.8 Å². The predicted octanol–water partition coefficient (Wildman–Crippen LogP) is 1.71. The largest absolute Gasteiger partial charge is 0.388 e. The van der Waals surface area contributed by atoms with Crippen molar-refractivity contribution in [2.24, 2.45) is 0 Å². The Labute approximate surface area is 96.1 Å². The third-order valence-electron chi connectivity index (χ3n) is 2.92. The SMILES string of the molecule is CC(C)(C)c1cnc(NCC2(O)CC2)nc1. The van der Waals surface area contributed by atoms with Crippen molar-refractivity contribution < 1.29 is 5.11 Å². The number of rotatable bonds is 3. The lowest BCUT2D eigenvalue weighted by molar-refractivity contribution is 0.164. The molecule has 0 bridgehead atoms. The molecule has 0 amide bonds. The van der Waals surface area contributed by atoms with E-state index in [0.29, 0.717) is 12.5 Å². The maximum atomic E-state index is 9.66. The summed E-state index contributed by atoms with van der Waals surface area (Å²) in [6.07, 6.45) is 5.43. The molecule has 1 aromatic rings. The average Bonchev–Trinajstić information content (AvgIpc) is 2.94. The van der Waals surface area contributed by atoms with Gasteiger partial charge in [-0.15, -0.1) is 0 Å². The minimum Gasteiger partial charge on any atom is -0.388 e. The number of anilines is 1. The van der Waals surface area contributed by atoms with E-state index < -0.39 is 5.60 Å². The van der Waals surface area contributed by atoms with Crippen LogP contribution in [0.2, 0.25) is 0 Å². The van der Waals surface area contributed by atoms with Crippen molar-refractivity contribution in [1.82, 2.24) is 9.97 Å². The van der Waals surface area contributed by atoms with E-state index in [2.05, 4.69) is 36.1 Å². The summed E-state index contributed by atoms with van der Waals surface area (Å²) in [5, 5.41) is 12.7. The molecule has 1 aliphatic carbocycles. The summed E-state index contributed by atoms with van der Waals surface area (Å²) >= 11 is 0. The number of aromatic nitrogens is 2. The topological polar surface area (TPSA) is 58.0 Å². The van der Waals surface area contributed by atoms with Crippen LogP contribution in [0, 0.1) is 0 Å². The first-order chi connectivity index (χ1) is 7.39. The number of hydrogen-bond acceptors (Lipinski definition) is 4. The molecule has 1 aromatic heterocycles. The lowest BCUT2D eigenvalue weighted by Crippen LogP contribution is -2.22. The normalized spacial score (nSPS) is 18.2. The van der Waals surface area contributed by atoms with Crippen LogP contribution in [0.4, 0.5) is 5.95 Å². The zero-order valence-corrected chi connectivity index (χ0v) is 10.1. The van der Waals surface area contributed by atoms with E-state index in [1.54, 1.807) is 0 Å². The highest BCUT2D eigenvalue weighted by Gasteiger charge is 2.40. The molecule has 0 spiro atoms. The van der Waals surface area contributed by atoms with E-state index in [9.17, 15) is 5.11 Å². The lowest BCUT2D eigenvalue weighted by Gasteiger charge is -2.18. The third-order valence-corrected chi connectivity index (χ3v) is 2.92. The first-order valence-electron chi connectivity index (χ1n) is 5.68. The first kappa shape index (κ1) is 11.3. The molecule has 1 aliphatic rings. The molecule has 0 saturated heterocycles. The summed E-state index contributed by atoms with van der Waals surface area (Å²) in [4.78, 5) is 8.49. The molecule has 4 heteroatoms. The Morgan fingerprint density at radius 2 is 1.88 bits per heavy atom. The molecule has 0 aliphatic heterocycles. The highest BCUT2D eigenvalue weighted by Crippen LogP contribution is 2.34. The third kappa shape index (κ3) is 2.70. The van der Waals surface area contributed by atoms with Crippen molar-refractivity contribution in [3.63, 3.8) is 0 Å². The molecule has 2 rings (SSSR count). The van der Waals surface area contributed by atoms with Crippen LogP contribution in [0.15, 0.2) is 12.4 Å². The van der Waals surface area contributed by atoms with Crippen LogP contribution >= 0.6 is 0 Å². The van der Waals surface area contributed by atoms with E-state index in [4.69, 9.17) is 0 Å². The molecule has 4 nitrogen and oxygen atoms in total. The summed E-state index contributed by atoms with van der Waals surface area (Å²) < 4.78 is 0. The second-order valence-electron chi connectivity index (χ2n) is 5.62. The first-order valence-corrected chi connectivity index (χ1v) is 5.68. The molecule has 2 N–H and O–H groups in total. The Balaban J connectivity index is 1.96. The molecule has 0 aromatic carbocycles. The highest BCUT2D eigenvalue weighted by molar-refractivity contribution is 5.28. The van der Waals surface area contributed by atoms with Crippen molar-refractivity contribution in [1.29, 1.82) is 0 Å². The Morgan fingerprint density at radius 1 is 1.31 bits per heavy atom. The summed E-state index contributed by atoms with van der Waals surface area (Å²) in [7, 11) is 0. The molecule has 16 heavy (non-hydrogen) atoms. The number of nitrogens with zero attached hydrogens (tertiary/aromatic N) is 2. The molecule has 0 radical (unpaired) electrons. The van der Waals surface area contributed by atoms with Crippen LogP contribution in [0.5, 0.6) is 0 Å². The van der Waals surface area contributed by atoms with Gasteiger partial charge in [0.2, 0.25) is 5.95 Å². The summed E-state index contributed by atoms with van der Waals surface area (Å²) in [5.74, 6) is 0.591. The van der Waals surface area contributed by atoms with Gasteiger partial charge in [-0.25, -0.2) is 9.97 Å². The second kappa shape index (κ2) is 3.70. The molecular weight excluding hydrogens is 202 g/mol.